The maximum absolute atomic E-state index is 10.8. The SMILES string of the molecule is C[NH+](C)C.C[NH+](C)C.[O-]B([O-])Oc1ccc(C(=C(c2ccccc2)c2ccccc2)c2ccccc2)cc1. The van der Waals surface area contributed by atoms with E-state index in [1.807, 2.05) is 66.7 Å². The third kappa shape index (κ3) is 10.7. The summed E-state index contributed by atoms with van der Waals surface area (Å²) in [7, 11) is 10.2. The zero-order valence-corrected chi connectivity index (χ0v) is 23.3. The minimum Gasteiger partial charge on any atom is -0.860 e. The van der Waals surface area contributed by atoms with Crippen LogP contribution in [-0.4, -0.2) is 49.6 Å². The van der Waals surface area contributed by atoms with Crippen molar-refractivity contribution in [3.63, 3.8) is 0 Å². The molecule has 0 aliphatic rings. The highest BCUT2D eigenvalue weighted by Crippen LogP contribution is 2.37. The summed E-state index contributed by atoms with van der Waals surface area (Å²) in [5.74, 6) is 0.266. The molecule has 2 N–H and O–H groups in total. The fraction of sp³-hybridized carbons (Fsp3) is 0.188. The van der Waals surface area contributed by atoms with E-state index in [9.17, 15) is 10.0 Å². The standard InChI is InChI=1S/C26H19BO3.2C3H9N/c28-27(29)30-24-18-16-23(17-19-24)26(22-14-8-3-9-15-22)25(20-10-4-1-5-11-20)21-12-6-2-7-13-21;2*1-4(2)3/h1-19H;2*1-3H3/q-2;;/p+2. The van der Waals surface area contributed by atoms with Crippen LogP contribution in [-0.2, 0) is 0 Å². The molecule has 4 rings (SSSR count). The molecule has 0 unspecified atom stereocenters. The first kappa shape index (κ1) is 30.5. The molecule has 0 bridgehead atoms. The Morgan fingerprint density at radius 1 is 0.474 bits per heavy atom. The van der Waals surface area contributed by atoms with Gasteiger partial charge in [-0.3, -0.25) is 0 Å². The van der Waals surface area contributed by atoms with Crippen molar-refractivity contribution in [1.29, 1.82) is 0 Å². The molecule has 0 heterocycles. The number of nitrogens with one attached hydrogen (secondary N) is 2. The Kier molecular flexibility index (Phi) is 13.0. The Bertz CT molecular complexity index is 1160. The van der Waals surface area contributed by atoms with Crippen molar-refractivity contribution in [2.45, 2.75) is 0 Å². The van der Waals surface area contributed by atoms with Gasteiger partial charge in [-0.05, 0) is 45.5 Å². The van der Waals surface area contributed by atoms with Crippen LogP contribution in [0.5, 0.6) is 5.75 Å². The topological polar surface area (TPSA) is 64.2 Å². The molecule has 0 radical (unpaired) electrons. The normalized spacial score (nSPS) is 10.1. The number of benzene rings is 4. The van der Waals surface area contributed by atoms with Crippen molar-refractivity contribution in [3.8, 4) is 5.75 Å². The first-order chi connectivity index (χ1) is 18.2. The van der Waals surface area contributed by atoms with Crippen LogP contribution in [0.3, 0.4) is 0 Å². The molecular weight excluding hydrogens is 471 g/mol. The van der Waals surface area contributed by atoms with Gasteiger partial charge in [0.1, 0.15) is 7.32 Å². The summed E-state index contributed by atoms with van der Waals surface area (Å²) >= 11 is 0. The second-order valence-electron chi connectivity index (χ2n) is 9.78. The van der Waals surface area contributed by atoms with Gasteiger partial charge in [-0.1, -0.05) is 103 Å². The van der Waals surface area contributed by atoms with Crippen molar-refractivity contribution in [2.24, 2.45) is 0 Å². The molecule has 0 spiro atoms. The lowest BCUT2D eigenvalue weighted by molar-refractivity contribution is -0.836. The highest BCUT2D eigenvalue weighted by molar-refractivity contribution is 6.29. The number of hydrogen-bond acceptors (Lipinski definition) is 3. The van der Waals surface area contributed by atoms with E-state index in [0.29, 0.717) is 0 Å². The van der Waals surface area contributed by atoms with E-state index in [-0.39, 0.29) is 5.75 Å². The van der Waals surface area contributed by atoms with Gasteiger partial charge in [0, 0.05) is 0 Å². The molecule has 38 heavy (non-hydrogen) atoms. The minimum absolute atomic E-state index is 0.266. The fourth-order valence-corrected chi connectivity index (χ4v) is 3.54. The average molecular weight is 510 g/mol. The van der Waals surface area contributed by atoms with Crippen molar-refractivity contribution < 1.29 is 24.5 Å². The first-order valence-corrected chi connectivity index (χ1v) is 12.7. The predicted octanol–water partition coefficient (Wildman–Crippen LogP) is 1.30. The molecule has 0 aliphatic carbocycles. The predicted molar refractivity (Wildman–Crippen MR) is 155 cm³/mol. The Balaban J connectivity index is 0.000000559. The van der Waals surface area contributed by atoms with Gasteiger partial charge < -0.3 is 24.5 Å². The van der Waals surface area contributed by atoms with Gasteiger partial charge in [-0.2, -0.15) is 0 Å². The first-order valence-electron chi connectivity index (χ1n) is 12.7. The summed E-state index contributed by atoms with van der Waals surface area (Å²) < 4.78 is 4.76. The smallest absolute Gasteiger partial charge is 0.133 e. The second-order valence-corrected chi connectivity index (χ2v) is 9.78. The maximum Gasteiger partial charge on any atom is 0.133 e. The van der Waals surface area contributed by atoms with Crippen LogP contribution in [0, 0.1) is 0 Å². The fourth-order valence-electron chi connectivity index (χ4n) is 3.54. The van der Waals surface area contributed by atoms with Gasteiger partial charge in [-0.15, -0.1) is 0 Å². The van der Waals surface area contributed by atoms with E-state index in [0.717, 1.165) is 33.4 Å². The Labute approximate surface area is 228 Å². The molecular formula is C32H39BN2O3. The van der Waals surface area contributed by atoms with E-state index in [4.69, 9.17) is 4.65 Å². The molecule has 0 aromatic heterocycles. The lowest BCUT2D eigenvalue weighted by Crippen LogP contribution is -3.02. The quantitative estimate of drug-likeness (QED) is 0.304. The lowest BCUT2D eigenvalue weighted by atomic mass is 9.86. The summed E-state index contributed by atoms with van der Waals surface area (Å²) in [5, 5.41) is 21.7. The van der Waals surface area contributed by atoms with Crippen LogP contribution < -0.4 is 24.5 Å². The number of quaternary nitrogens is 2. The van der Waals surface area contributed by atoms with Crippen LogP contribution in [0.15, 0.2) is 115 Å². The zero-order valence-electron chi connectivity index (χ0n) is 23.3. The van der Waals surface area contributed by atoms with Crippen LogP contribution in [0.2, 0.25) is 0 Å². The molecule has 0 amide bonds. The van der Waals surface area contributed by atoms with E-state index in [1.165, 1.54) is 9.80 Å². The summed E-state index contributed by atoms with van der Waals surface area (Å²) in [6, 6.07) is 37.8. The van der Waals surface area contributed by atoms with E-state index < -0.39 is 7.32 Å². The molecule has 198 valence electrons. The van der Waals surface area contributed by atoms with Gasteiger partial charge >= 0.3 is 0 Å². The van der Waals surface area contributed by atoms with Crippen molar-refractivity contribution >= 4 is 18.5 Å². The van der Waals surface area contributed by atoms with Gasteiger partial charge in [-0.25, -0.2) is 0 Å². The van der Waals surface area contributed by atoms with Gasteiger partial charge in [0.15, 0.2) is 0 Å². The maximum atomic E-state index is 10.8. The molecule has 0 atom stereocenters. The third-order valence-electron chi connectivity index (χ3n) is 4.81. The van der Waals surface area contributed by atoms with E-state index in [2.05, 4.69) is 78.7 Å². The van der Waals surface area contributed by atoms with Gasteiger partial charge in [0.05, 0.1) is 48.0 Å². The van der Waals surface area contributed by atoms with E-state index >= 15 is 0 Å². The lowest BCUT2D eigenvalue weighted by Gasteiger charge is -2.26. The molecule has 0 fully saturated rings. The molecule has 4 aromatic rings. The number of rotatable bonds is 6. The number of hydrogen-bond donors (Lipinski definition) is 2. The van der Waals surface area contributed by atoms with Crippen molar-refractivity contribution in [3.05, 3.63) is 138 Å². The second kappa shape index (κ2) is 16.2. The summed E-state index contributed by atoms with van der Waals surface area (Å²) in [6.45, 7) is 0. The Hall–Kier alpha value is -3.68. The molecule has 6 heteroatoms. The monoisotopic (exact) mass is 510 g/mol. The van der Waals surface area contributed by atoms with Crippen LogP contribution >= 0.6 is 0 Å². The zero-order chi connectivity index (χ0) is 27.9. The largest absolute Gasteiger partial charge is 0.860 e. The van der Waals surface area contributed by atoms with Crippen molar-refractivity contribution in [1.82, 2.24) is 0 Å². The van der Waals surface area contributed by atoms with Gasteiger partial charge in [0.2, 0.25) is 0 Å². The molecule has 4 aromatic carbocycles. The highest BCUT2D eigenvalue weighted by Gasteiger charge is 2.15. The van der Waals surface area contributed by atoms with Crippen molar-refractivity contribution in [2.75, 3.05) is 42.3 Å². The van der Waals surface area contributed by atoms with Crippen LogP contribution in [0.1, 0.15) is 22.3 Å². The Morgan fingerprint density at radius 3 is 1.00 bits per heavy atom. The van der Waals surface area contributed by atoms with E-state index in [1.54, 1.807) is 12.1 Å². The molecule has 0 aliphatic heterocycles. The van der Waals surface area contributed by atoms with Gasteiger partial charge in [0.25, 0.3) is 0 Å². The highest BCUT2D eigenvalue weighted by atomic mass is 16.6. The summed E-state index contributed by atoms with van der Waals surface area (Å²) in [6.07, 6.45) is 0. The Morgan fingerprint density at radius 2 is 0.737 bits per heavy atom. The summed E-state index contributed by atoms with van der Waals surface area (Å²) in [4.78, 5) is 2.83. The molecule has 0 saturated carbocycles. The van der Waals surface area contributed by atoms with Crippen LogP contribution in [0.4, 0.5) is 0 Å². The molecule has 5 nitrogen and oxygen atoms in total. The third-order valence-corrected chi connectivity index (χ3v) is 4.81. The average Bonchev–Trinajstić information content (AvgIpc) is 2.88. The van der Waals surface area contributed by atoms with Crippen LogP contribution in [0.25, 0.3) is 11.1 Å². The minimum atomic E-state index is -2.34. The summed E-state index contributed by atoms with van der Waals surface area (Å²) in [5.41, 5.74) is 6.38. The molecule has 0 saturated heterocycles.